The summed E-state index contributed by atoms with van der Waals surface area (Å²) in [5.41, 5.74) is 3.55. The molecule has 0 unspecified atom stereocenters. The number of hydrogen-bond acceptors (Lipinski definition) is 3. The van der Waals surface area contributed by atoms with E-state index < -0.39 is 0 Å². The minimum absolute atomic E-state index is 0.637. The molecule has 0 atom stereocenters. The zero-order valence-corrected chi connectivity index (χ0v) is 11.8. The Bertz CT molecular complexity index is 727. The summed E-state index contributed by atoms with van der Waals surface area (Å²) in [4.78, 5) is 15.0. The SMILES string of the molecule is CCCCc1cc2nc(-c3cccc(NC=O)c3)nn2[nH]1. The molecule has 0 saturated carbocycles. The van der Waals surface area contributed by atoms with E-state index in [4.69, 9.17) is 0 Å². The van der Waals surface area contributed by atoms with Gasteiger partial charge in [-0.25, -0.2) is 4.98 Å². The number of carbonyl (C=O) groups is 1. The van der Waals surface area contributed by atoms with Gasteiger partial charge in [-0.1, -0.05) is 25.5 Å². The Balaban J connectivity index is 1.88. The number of aromatic nitrogens is 4. The molecule has 0 saturated heterocycles. The van der Waals surface area contributed by atoms with E-state index in [0.717, 1.165) is 41.9 Å². The fourth-order valence-electron chi connectivity index (χ4n) is 2.26. The highest BCUT2D eigenvalue weighted by molar-refractivity contribution is 5.74. The molecule has 2 N–H and O–H groups in total. The molecule has 0 aliphatic heterocycles. The Kier molecular flexibility index (Phi) is 3.68. The first-order valence-corrected chi connectivity index (χ1v) is 7.05. The number of nitrogens with zero attached hydrogens (tertiary/aromatic N) is 3. The summed E-state index contributed by atoms with van der Waals surface area (Å²) < 4.78 is 1.69. The van der Waals surface area contributed by atoms with Crippen LogP contribution in [0.4, 0.5) is 5.69 Å². The summed E-state index contributed by atoms with van der Waals surface area (Å²) in [5.74, 6) is 0.637. The van der Waals surface area contributed by atoms with Crippen molar-refractivity contribution in [3.63, 3.8) is 0 Å². The Morgan fingerprint density at radius 3 is 3.05 bits per heavy atom. The molecule has 2 heterocycles. The van der Waals surface area contributed by atoms with Crippen LogP contribution in [0.1, 0.15) is 25.5 Å². The van der Waals surface area contributed by atoms with E-state index in [1.54, 1.807) is 4.63 Å². The van der Waals surface area contributed by atoms with Crippen LogP contribution < -0.4 is 5.32 Å². The molecule has 0 radical (unpaired) electrons. The molecule has 0 fully saturated rings. The Morgan fingerprint density at radius 1 is 1.38 bits per heavy atom. The quantitative estimate of drug-likeness (QED) is 0.683. The average Bonchev–Trinajstić information content (AvgIpc) is 3.04. The normalized spacial score (nSPS) is 10.9. The van der Waals surface area contributed by atoms with Crippen LogP contribution in [0.25, 0.3) is 17.0 Å². The maximum absolute atomic E-state index is 10.5. The number of rotatable bonds is 6. The number of nitrogens with one attached hydrogen (secondary N) is 2. The first kappa shape index (κ1) is 13.4. The topological polar surface area (TPSA) is 75.1 Å². The molecule has 2 aromatic heterocycles. The first-order valence-electron chi connectivity index (χ1n) is 7.05. The number of carbonyl (C=O) groups excluding carboxylic acids is 1. The second kappa shape index (κ2) is 5.78. The second-order valence-electron chi connectivity index (χ2n) is 4.93. The molecule has 1 aromatic carbocycles. The van der Waals surface area contributed by atoms with Crippen molar-refractivity contribution in [2.75, 3.05) is 5.32 Å². The van der Waals surface area contributed by atoms with Crippen LogP contribution in [0, 0.1) is 0 Å². The van der Waals surface area contributed by atoms with Gasteiger partial charge in [0.1, 0.15) is 0 Å². The smallest absolute Gasteiger partial charge is 0.211 e. The third kappa shape index (κ3) is 2.79. The third-order valence-corrected chi connectivity index (χ3v) is 3.33. The second-order valence-corrected chi connectivity index (χ2v) is 4.93. The van der Waals surface area contributed by atoms with E-state index >= 15 is 0 Å². The van der Waals surface area contributed by atoms with Gasteiger partial charge in [0, 0.05) is 23.0 Å². The lowest BCUT2D eigenvalue weighted by atomic mass is 10.2. The van der Waals surface area contributed by atoms with E-state index in [9.17, 15) is 4.79 Å². The van der Waals surface area contributed by atoms with Crippen molar-refractivity contribution >= 4 is 17.7 Å². The molecule has 108 valence electrons. The Hall–Kier alpha value is -2.63. The van der Waals surface area contributed by atoms with Gasteiger partial charge in [0.25, 0.3) is 0 Å². The zero-order valence-electron chi connectivity index (χ0n) is 11.8. The molecule has 0 aliphatic carbocycles. The van der Waals surface area contributed by atoms with E-state index in [1.165, 1.54) is 0 Å². The molecule has 1 amide bonds. The lowest BCUT2D eigenvalue weighted by molar-refractivity contribution is -0.105. The van der Waals surface area contributed by atoms with Crippen molar-refractivity contribution in [1.29, 1.82) is 0 Å². The highest BCUT2D eigenvalue weighted by Gasteiger charge is 2.09. The van der Waals surface area contributed by atoms with Crippen molar-refractivity contribution in [1.82, 2.24) is 19.8 Å². The van der Waals surface area contributed by atoms with Gasteiger partial charge < -0.3 is 5.32 Å². The molecular weight excluding hydrogens is 266 g/mol. The monoisotopic (exact) mass is 283 g/mol. The van der Waals surface area contributed by atoms with Gasteiger partial charge in [0.05, 0.1) is 0 Å². The molecule has 0 bridgehead atoms. The summed E-state index contributed by atoms with van der Waals surface area (Å²) in [5, 5.41) is 10.3. The number of benzene rings is 1. The van der Waals surface area contributed by atoms with Crippen LogP contribution in [0.5, 0.6) is 0 Å². The van der Waals surface area contributed by atoms with Crippen molar-refractivity contribution in [2.24, 2.45) is 0 Å². The van der Waals surface area contributed by atoms with Crippen molar-refractivity contribution < 1.29 is 4.79 Å². The van der Waals surface area contributed by atoms with Crippen LogP contribution in [0.2, 0.25) is 0 Å². The van der Waals surface area contributed by atoms with Crippen LogP contribution in [0.3, 0.4) is 0 Å². The summed E-state index contributed by atoms with van der Waals surface area (Å²) >= 11 is 0. The Morgan fingerprint density at radius 2 is 2.29 bits per heavy atom. The zero-order chi connectivity index (χ0) is 14.7. The van der Waals surface area contributed by atoms with E-state index in [0.29, 0.717) is 12.2 Å². The standard InChI is InChI=1S/C15H17N5O/c1-2-3-6-13-9-14-17-15(19-20(14)18-13)11-5-4-7-12(8-11)16-10-21/h4-5,7-10,18H,2-3,6H2,1H3,(H,16,21). The van der Waals surface area contributed by atoms with Gasteiger partial charge >= 0.3 is 0 Å². The van der Waals surface area contributed by atoms with Gasteiger partial charge in [0.2, 0.25) is 6.41 Å². The predicted molar refractivity (Wildman–Crippen MR) is 81.1 cm³/mol. The molecule has 6 heteroatoms. The summed E-state index contributed by atoms with van der Waals surface area (Å²) in [6.07, 6.45) is 3.98. The fourth-order valence-corrected chi connectivity index (χ4v) is 2.26. The summed E-state index contributed by atoms with van der Waals surface area (Å²) in [6.45, 7) is 2.17. The first-order chi connectivity index (χ1) is 10.3. The van der Waals surface area contributed by atoms with E-state index in [2.05, 4.69) is 27.4 Å². The highest BCUT2D eigenvalue weighted by atomic mass is 16.1. The van der Waals surface area contributed by atoms with Crippen molar-refractivity contribution in [3.8, 4) is 11.4 Å². The minimum Gasteiger partial charge on any atom is -0.329 e. The molecule has 0 spiro atoms. The highest BCUT2D eigenvalue weighted by Crippen LogP contribution is 2.20. The molecule has 21 heavy (non-hydrogen) atoms. The summed E-state index contributed by atoms with van der Waals surface area (Å²) in [6, 6.07) is 9.48. The number of aryl methyl sites for hydroxylation is 1. The van der Waals surface area contributed by atoms with Crippen molar-refractivity contribution in [3.05, 3.63) is 36.0 Å². The van der Waals surface area contributed by atoms with E-state index in [1.807, 2.05) is 30.3 Å². The number of hydrogen-bond donors (Lipinski definition) is 2. The fraction of sp³-hybridized carbons (Fsp3) is 0.267. The number of anilines is 1. The number of fused-ring (bicyclic) bond motifs is 1. The lowest BCUT2D eigenvalue weighted by Gasteiger charge is -2.00. The van der Waals surface area contributed by atoms with Crippen LogP contribution in [-0.4, -0.2) is 26.2 Å². The van der Waals surface area contributed by atoms with E-state index in [-0.39, 0.29) is 0 Å². The average molecular weight is 283 g/mol. The number of H-pyrrole nitrogens is 1. The van der Waals surface area contributed by atoms with Crippen LogP contribution in [-0.2, 0) is 11.2 Å². The number of aromatic amines is 1. The molecule has 3 rings (SSSR count). The Labute approximate surface area is 122 Å². The lowest BCUT2D eigenvalue weighted by Crippen LogP contribution is -1.94. The van der Waals surface area contributed by atoms with Gasteiger partial charge in [-0.3, -0.25) is 9.89 Å². The molecule has 3 aromatic rings. The van der Waals surface area contributed by atoms with Crippen LogP contribution in [0.15, 0.2) is 30.3 Å². The van der Waals surface area contributed by atoms with Crippen LogP contribution >= 0.6 is 0 Å². The van der Waals surface area contributed by atoms with Gasteiger partial charge in [-0.15, -0.1) is 5.10 Å². The molecule has 0 aliphatic rings. The number of unbranched alkanes of at least 4 members (excludes halogenated alkanes) is 1. The summed E-state index contributed by atoms with van der Waals surface area (Å²) in [7, 11) is 0. The minimum atomic E-state index is 0.637. The van der Waals surface area contributed by atoms with Gasteiger partial charge in [0.15, 0.2) is 11.5 Å². The molecular formula is C15H17N5O. The maximum Gasteiger partial charge on any atom is 0.211 e. The molecule has 6 nitrogen and oxygen atoms in total. The van der Waals surface area contributed by atoms with Gasteiger partial charge in [-0.2, -0.15) is 4.63 Å². The van der Waals surface area contributed by atoms with Gasteiger partial charge in [-0.05, 0) is 25.0 Å². The largest absolute Gasteiger partial charge is 0.329 e. The predicted octanol–water partition coefficient (Wildman–Crippen LogP) is 2.64. The third-order valence-electron chi connectivity index (χ3n) is 3.33. The van der Waals surface area contributed by atoms with Crippen molar-refractivity contribution in [2.45, 2.75) is 26.2 Å². The number of amides is 1. The maximum atomic E-state index is 10.5.